The Hall–Kier alpha value is -2.73. The van der Waals surface area contributed by atoms with Crippen LogP contribution in [-0.4, -0.2) is 46.4 Å². The molecule has 6 nitrogen and oxygen atoms in total. The quantitative estimate of drug-likeness (QED) is 0.905. The number of amides is 1. The average Bonchev–Trinajstić information content (AvgIpc) is 2.68. The highest BCUT2D eigenvalue weighted by molar-refractivity contribution is 6.06. The normalized spacial score (nSPS) is 14.1. The fourth-order valence-electron chi connectivity index (χ4n) is 2.83. The summed E-state index contributed by atoms with van der Waals surface area (Å²) in [6.45, 7) is 3.00. The zero-order valence-corrected chi connectivity index (χ0v) is 14.5. The van der Waals surface area contributed by atoms with Gasteiger partial charge in [-0.2, -0.15) is 0 Å². The van der Waals surface area contributed by atoms with Gasteiger partial charge >= 0.3 is 0 Å². The van der Waals surface area contributed by atoms with E-state index < -0.39 is 0 Å². The van der Waals surface area contributed by atoms with Crippen molar-refractivity contribution < 1.29 is 19.0 Å². The molecule has 25 heavy (non-hydrogen) atoms. The highest BCUT2D eigenvalue weighted by atomic mass is 16.5. The third kappa shape index (κ3) is 3.85. The van der Waals surface area contributed by atoms with Crippen LogP contribution >= 0.6 is 0 Å². The molecule has 1 fully saturated rings. The number of rotatable bonds is 5. The lowest BCUT2D eigenvalue weighted by Gasteiger charge is -2.30. The fraction of sp³-hybridized carbons (Fsp3) is 0.316. The number of anilines is 2. The number of carbonyl (C=O) groups is 1. The molecular formula is C19H22N2O4. The Balaban J connectivity index is 1.81. The summed E-state index contributed by atoms with van der Waals surface area (Å²) < 4.78 is 15.9. The van der Waals surface area contributed by atoms with Crippen molar-refractivity contribution in [2.24, 2.45) is 0 Å². The number of morpholine rings is 1. The van der Waals surface area contributed by atoms with Crippen LogP contribution in [0.4, 0.5) is 11.4 Å². The van der Waals surface area contributed by atoms with Crippen LogP contribution in [0.1, 0.15) is 10.4 Å². The Morgan fingerprint density at radius 1 is 1.04 bits per heavy atom. The number of nitrogens with zero attached hydrogens (tertiary/aromatic N) is 1. The molecule has 132 valence electrons. The van der Waals surface area contributed by atoms with Crippen LogP contribution in [0.5, 0.6) is 11.5 Å². The summed E-state index contributed by atoms with van der Waals surface area (Å²) in [5.41, 5.74) is 2.29. The molecule has 0 saturated carbocycles. The molecule has 0 radical (unpaired) electrons. The van der Waals surface area contributed by atoms with Gasteiger partial charge in [-0.25, -0.2) is 0 Å². The second-order valence-corrected chi connectivity index (χ2v) is 5.64. The molecular weight excluding hydrogens is 320 g/mol. The minimum absolute atomic E-state index is 0.193. The number of hydrogen-bond donors (Lipinski definition) is 1. The van der Waals surface area contributed by atoms with Gasteiger partial charge < -0.3 is 24.4 Å². The van der Waals surface area contributed by atoms with Crippen molar-refractivity contribution in [3.8, 4) is 11.5 Å². The molecule has 0 aliphatic carbocycles. The summed E-state index contributed by atoms with van der Waals surface area (Å²) in [6.07, 6.45) is 0. The second-order valence-electron chi connectivity index (χ2n) is 5.64. The van der Waals surface area contributed by atoms with Crippen molar-refractivity contribution in [2.75, 3.05) is 50.7 Å². The molecule has 0 aromatic heterocycles. The van der Waals surface area contributed by atoms with E-state index in [1.165, 1.54) is 0 Å². The van der Waals surface area contributed by atoms with Crippen molar-refractivity contribution in [3.63, 3.8) is 0 Å². The first-order valence-electron chi connectivity index (χ1n) is 8.18. The first kappa shape index (κ1) is 17.1. The van der Waals surface area contributed by atoms with Gasteiger partial charge in [-0.1, -0.05) is 12.1 Å². The molecule has 1 N–H and O–H groups in total. The van der Waals surface area contributed by atoms with Crippen molar-refractivity contribution >= 4 is 17.3 Å². The van der Waals surface area contributed by atoms with Crippen molar-refractivity contribution in [1.29, 1.82) is 0 Å². The molecule has 1 aliphatic rings. The van der Waals surface area contributed by atoms with E-state index in [0.29, 0.717) is 30.3 Å². The van der Waals surface area contributed by atoms with Gasteiger partial charge in [0.2, 0.25) is 0 Å². The number of nitrogens with one attached hydrogen (secondary N) is 1. The van der Waals surface area contributed by atoms with Gasteiger partial charge in [-0.3, -0.25) is 4.79 Å². The Labute approximate surface area is 147 Å². The third-order valence-electron chi connectivity index (χ3n) is 4.15. The molecule has 1 aliphatic heterocycles. The molecule has 0 spiro atoms. The Morgan fingerprint density at radius 3 is 2.48 bits per heavy atom. The molecule has 0 bridgehead atoms. The maximum absolute atomic E-state index is 12.7. The van der Waals surface area contributed by atoms with Crippen LogP contribution in [0.15, 0.2) is 42.5 Å². The van der Waals surface area contributed by atoms with Gasteiger partial charge in [0.05, 0.1) is 38.8 Å². The minimum Gasteiger partial charge on any atom is -0.493 e. The molecule has 0 unspecified atom stereocenters. The Bertz CT molecular complexity index is 742. The van der Waals surface area contributed by atoms with E-state index in [4.69, 9.17) is 14.2 Å². The van der Waals surface area contributed by atoms with Crippen LogP contribution < -0.4 is 19.7 Å². The van der Waals surface area contributed by atoms with E-state index in [9.17, 15) is 4.79 Å². The van der Waals surface area contributed by atoms with Crippen LogP contribution in [0.3, 0.4) is 0 Å². The molecule has 3 rings (SSSR count). The zero-order valence-electron chi connectivity index (χ0n) is 14.5. The number of hydrogen-bond acceptors (Lipinski definition) is 5. The van der Waals surface area contributed by atoms with E-state index in [-0.39, 0.29) is 5.91 Å². The van der Waals surface area contributed by atoms with Crippen molar-refractivity contribution in [3.05, 3.63) is 48.0 Å². The maximum Gasteiger partial charge on any atom is 0.255 e. The number of methoxy groups -OCH3 is 2. The molecule has 1 heterocycles. The summed E-state index contributed by atoms with van der Waals surface area (Å²) in [5, 5.41) is 3.00. The Morgan fingerprint density at radius 2 is 1.76 bits per heavy atom. The van der Waals surface area contributed by atoms with Crippen LogP contribution in [0.2, 0.25) is 0 Å². The van der Waals surface area contributed by atoms with Gasteiger partial charge in [0, 0.05) is 18.7 Å². The predicted octanol–water partition coefficient (Wildman–Crippen LogP) is 2.79. The fourth-order valence-corrected chi connectivity index (χ4v) is 2.83. The molecule has 2 aromatic rings. The minimum atomic E-state index is -0.193. The highest BCUT2D eigenvalue weighted by Crippen LogP contribution is 2.30. The third-order valence-corrected chi connectivity index (χ3v) is 4.15. The maximum atomic E-state index is 12.7. The summed E-state index contributed by atoms with van der Waals surface area (Å²) in [6, 6.07) is 12.9. The SMILES string of the molecule is COc1ccc(C(=O)Nc2ccccc2N2CCOCC2)cc1OC. The molecule has 1 saturated heterocycles. The summed E-state index contributed by atoms with van der Waals surface area (Å²) in [4.78, 5) is 14.9. The number of carbonyl (C=O) groups excluding carboxylic acids is 1. The molecule has 6 heteroatoms. The number of benzene rings is 2. The molecule has 2 aromatic carbocycles. The van der Waals surface area contributed by atoms with E-state index in [1.807, 2.05) is 24.3 Å². The lowest BCUT2D eigenvalue weighted by Crippen LogP contribution is -2.36. The van der Waals surface area contributed by atoms with Gasteiger partial charge in [0.25, 0.3) is 5.91 Å². The number of para-hydroxylation sites is 2. The first-order valence-corrected chi connectivity index (χ1v) is 8.18. The number of ether oxygens (including phenoxy) is 3. The van der Waals surface area contributed by atoms with E-state index in [2.05, 4.69) is 10.2 Å². The van der Waals surface area contributed by atoms with Gasteiger partial charge in [-0.15, -0.1) is 0 Å². The van der Waals surface area contributed by atoms with E-state index in [0.717, 1.165) is 24.5 Å². The zero-order chi connectivity index (χ0) is 17.6. The van der Waals surface area contributed by atoms with Crippen LogP contribution in [0, 0.1) is 0 Å². The van der Waals surface area contributed by atoms with Crippen molar-refractivity contribution in [2.45, 2.75) is 0 Å². The average molecular weight is 342 g/mol. The standard InChI is InChI=1S/C19H22N2O4/c1-23-17-8-7-14(13-18(17)24-2)19(22)20-15-5-3-4-6-16(15)21-9-11-25-12-10-21/h3-8,13H,9-12H2,1-2H3,(H,20,22). The van der Waals surface area contributed by atoms with Crippen LogP contribution in [0.25, 0.3) is 0 Å². The van der Waals surface area contributed by atoms with Crippen molar-refractivity contribution in [1.82, 2.24) is 0 Å². The summed E-state index contributed by atoms with van der Waals surface area (Å²) in [7, 11) is 3.11. The smallest absolute Gasteiger partial charge is 0.255 e. The van der Waals surface area contributed by atoms with Gasteiger partial charge in [0.1, 0.15) is 0 Å². The lowest BCUT2D eigenvalue weighted by atomic mass is 10.1. The van der Waals surface area contributed by atoms with Gasteiger partial charge in [0.15, 0.2) is 11.5 Å². The van der Waals surface area contributed by atoms with E-state index in [1.54, 1.807) is 32.4 Å². The first-order chi connectivity index (χ1) is 12.2. The summed E-state index contributed by atoms with van der Waals surface area (Å²) >= 11 is 0. The predicted molar refractivity (Wildman–Crippen MR) is 97.0 cm³/mol. The van der Waals surface area contributed by atoms with Gasteiger partial charge in [-0.05, 0) is 30.3 Å². The highest BCUT2D eigenvalue weighted by Gasteiger charge is 2.17. The molecule has 1 amide bonds. The lowest BCUT2D eigenvalue weighted by molar-refractivity contribution is 0.102. The largest absolute Gasteiger partial charge is 0.493 e. The summed E-state index contributed by atoms with van der Waals surface area (Å²) in [5.74, 6) is 0.922. The second kappa shape index (κ2) is 7.90. The van der Waals surface area contributed by atoms with E-state index >= 15 is 0 Å². The Kier molecular flexibility index (Phi) is 5.40. The molecule has 0 atom stereocenters. The topological polar surface area (TPSA) is 60.0 Å². The van der Waals surface area contributed by atoms with Crippen LogP contribution in [-0.2, 0) is 4.74 Å². The monoisotopic (exact) mass is 342 g/mol.